The molecule has 2 nitrogen and oxygen atoms in total. The van der Waals surface area contributed by atoms with Crippen LogP contribution in [0.1, 0.15) is 5.56 Å². The first-order chi connectivity index (χ1) is 8.81. The molecule has 0 spiro atoms. The lowest BCUT2D eigenvalue weighted by molar-refractivity contribution is -0.170. The van der Waals surface area contributed by atoms with E-state index in [1.165, 1.54) is 18.2 Å². The predicted molar refractivity (Wildman–Crippen MR) is 57.9 cm³/mol. The highest BCUT2D eigenvalue weighted by atomic mass is 19.3. The molecule has 0 heterocycles. The van der Waals surface area contributed by atoms with Gasteiger partial charge in [0, 0.05) is 6.42 Å². The van der Waals surface area contributed by atoms with Gasteiger partial charge in [-0.25, -0.2) is 13.2 Å². The average Bonchev–Trinajstić information content (AvgIpc) is 2.28. The maximum atomic E-state index is 12.8. The van der Waals surface area contributed by atoms with Crippen LogP contribution in [0, 0.1) is 5.82 Å². The van der Waals surface area contributed by atoms with Crippen molar-refractivity contribution in [1.82, 2.24) is 0 Å². The van der Waals surface area contributed by atoms with E-state index >= 15 is 0 Å². The maximum absolute atomic E-state index is 12.8. The molecule has 19 heavy (non-hydrogen) atoms. The Morgan fingerprint density at radius 3 is 2.53 bits per heavy atom. The number of benzene rings is 1. The third kappa shape index (κ3) is 5.52. The maximum Gasteiger partial charge on any atom is 0.330 e. The van der Waals surface area contributed by atoms with Crippen LogP contribution in [0.25, 0.3) is 0 Å². The van der Waals surface area contributed by atoms with Crippen molar-refractivity contribution in [2.24, 2.45) is 0 Å². The third-order valence-electron chi connectivity index (χ3n) is 2.28. The van der Waals surface area contributed by atoms with E-state index < -0.39 is 37.5 Å². The monoisotopic (exact) mass is 284 g/mol. The van der Waals surface area contributed by atoms with Gasteiger partial charge in [0.2, 0.25) is 0 Å². The molecule has 108 valence electrons. The van der Waals surface area contributed by atoms with Crippen molar-refractivity contribution < 1.29 is 31.8 Å². The minimum Gasteiger partial charge on any atom is -0.390 e. The molecule has 0 aliphatic rings. The summed E-state index contributed by atoms with van der Waals surface area (Å²) in [5, 5.41) is 9.45. The van der Waals surface area contributed by atoms with Crippen LogP contribution in [0.4, 0.5) is 22.0 Å². The minimum absolute atomic E-state index is 0.0159. The van der Waals surface area contributed by atoms with E-state index in [4.69, 9.17) is 0 Å². The fraction of sp³-hybridized carbons (Fsp3) is 0.500. The van der Waals surface area contributed by atoms with Crippen molar-refractivity contribution in [1.29, 1.82) is 0 Å². The van der Waals surface area contributed by atoms with E-state index in [1.54, 1.807) is 6.07 Å². The third-order valence-corrected chi connectivity index (χ3v) is 2.28. The normalized spacial score (nSPS) is 13.8. The number of ether oxygens (including phenoxy) is 1. The van der Waals surface area contributed by atoms with E-state index in [9.17, 15) is 27.1 Å². The molecular weight excluding hydrogens is 271 g/mol. The molecule has 1 aromatic rings. The minimum atomic E-state index is -4.24. The quantitative estimate of drug-likeness (QED) is 0.780. The van der Waals surface area contributed by atoms with Gasteiger partial charge < -0.3 is 9.84 Å². The number of aliphatic hydroxyl groups is 1. The first-order valence-corrected chi connectivity index (χ1v) is 5.47. The van der Waals surface area contributed by atoms with Crippen molar-refractivity contribution in [2.45, 2.75) is 24.9 Å². The van der Waals surface area contributed by atoms with Crippen LogP contribution in [0.5, 0.6) is 0 Å². The van der Waals surface area contributed by atoms with Gasteiger partial charge in [-0.2, -0.15) is 8.78 Å². The number of hydrogen-bond donors (Lipinski definition) is 1. The summed E-state index contributed by atoms with van der Waals surface area (Å²) in [6, 6.07) is 5.37. The van der Waals surface area contributed by atoms with Crippen LogP contribution in [0.3, 0.4) is 0 Å². The molecule has 0 aliphatic carbocycles. The molecule has 0 saturated carbocycles. The number of hydrogen-bond acceptors (Lipinski definition) is 2. The van der Waals surface area contributed by atoms with Crippen molar-refractivity contribution >= 4 is 0 Å². The summed E-state index contributed by atoms with van der Waals surface area (Å²) in [7, 11) is 0. The summed E-state index contributed by atoms with van der Waals surface area (Å²) in [6.07, 6.45) is -5.00. The van der Waals surface area contributed by atoms with Crippen LogP contribution in [0.15, 0.2) is 24.3 Å². The Morgan fingerprint density at radius 2 is 1.95 bits per heavy atom. The molecule has 0 fully saturated rings. The summed E-state index contributed by atoms with van der Waals surface area (Å²) >= 11 is 0. The number of alkyl halides is 4. The molecule has 1 N–H and O–H groups in total. The summed E-state index contributed by atoms with van der Waals surface area (Å²) < 4.78 is 65.7. The van der Waals surface area contributed by atoms with E-state index in [0.29, 0.717) is 5.56 Å². The summed E-state index contributed by atoms with van der Waals surface area (Å²) in [5.41, 5.74) is 0.455. The highest BCUT2D eigenvalue weighted by Crippen LogP contribution is 2.22. The molecule has 1 aromatic carbocycles. The second-order valence-corrected chi connectivity index (χ2v) is 4.06. The van der Waals surface area contributed by atoms with Crippen molar-refractivity contribution in [2.75, 3.05) is 13.2 Å². The first-order valence-electron chi connectivity index (χ1n) is 5.47. The zero-order chi connectivity index (χ0) is 14.5. The molecule has 0 aliphatic heterocycles. The Morgan fingerprint density at radius 1 is 1.26 bits per heavy atom. The van der Waals surface area contributed by atoms with Crippen molar-refractivity contribution in [3.63, 3.8) is 0 Å². The highest BCUT2D eigenvalue weighted by Gasteiger charge is 2.41. The molecule has 0 aromatic heterocycles. The lowest BCUT2D eigenvalue weighted by atomic mass is 10.1. The van der Waals surface area contributed by atoms with Crippen LogP contribution < -0.4 is 0 Å². The topological polar surface area (TPSA) is 29.5 Å². The Bertz CT molecular complexity index is 397. The number of halogens is 5. The van der Waals surface area contributed by atoms with Crippen LogP contribution in [-0.2, 0) is 11.2 Å². The Kier molecular flexibility index (Phi) is 5.68. The Balaban J connectivity index is 2.34. The molecular formula is C12H13F5O2. The van der Waals surface area contributed by atoms with Gasteiger partial charge in [0.1, 0.15) is 12.4 Å². The van der Waals surface area contributed by atoms with E-state index in [-0.39, 0.29) is 6.42 Å². The van der Waals surface area contributed by atoms with Crippen LogP contribution >= 0.6 is 0 Å². The van der Waals surface area contributed by atoms with Gasteiger partial charge in [-0.05, 0) is 17.7 Å². The molecule has 1 unspecified atom stereocenters. The van der Waals surface area contributed by atoms with Gasteiger partial charge in [0.15, 0.2) is 0 Å². The Hall–Kier alpha value is -1.21. The molecule has 1 rings (SSSR count). The fourth-order valence-corrected chi connectivity index (χ4v) is 1.39. The van der Waals surface area contributed by atoms with Gasteiger partial charge in [0.05, 0.1) is 12.7 Å². The molecule has 0 amide bonds. The van der Waals surface area contributed by atoms with Crippen molar-refractivity contribution in [3.05, 3.63) is 35.6 Å². The predicted octanol–water partition coefficient (Wildman–Crippen LogP) is 2.65. The van der Waals surface area contributed by atoms with Gasteiger partial charge in [-0.1, -0.05) is 12.1 Å². The van der Waals surface area contributed by atoms with E-state index in [0.717, 1.165) is 0 Å². The zero-order valence-corrected chi connectivity index (χ0v) is 9.83. The molecule has 0 saturated heterocycles. The zero-order valence-electron chi connectivity index (χ0n) is 9.83. The number of rotatable bonds is 7. The van der Waals surface area contributed by atoms with Gasteiger partial charge in [-0.3, -0.25) is 0 Å². The van der Waals surface area contributed by atoms with Crippen LogP contribution in [-0.4, -0.2) is 36.8 Å². The second-order valence-electron chi connectivity index (χ2n) is 4.06. The number of aliphatic hydroxyl groups excluding tert-OH is 1. The second kappa shape index (κ2) is 6.81. The average molecular weight is 284 g/mol. The standard InChI is InChI=1S/C12H13F5O2/c13-9-3-1-2-8(4-9)5-10(18)6-19-7-12(16,17)11(14)15/h1-4,10-11,18H,5-7H2. The first kappa shape index (κ1) is 15.8. The summed E-state index contributed by atoms with van der Waals surface area (Å²) in [5.74, 6) is -4.73. The summed E-state index contributed by atoms with van der Waals surface area (Å²) in [4.78, 5) is 0. The molecule has 0 radical (unpaired) electrons. The van der Waals surface area contributed by atoms with Gasteiger partial charge in [-0.15, -0.1) is 0 Å². The molecule has 1 atom stereocenters. The lowest BCUT2D eigenvalue weighted by Crippen LogP contribution is -2.34. The lowest BCUT2D eigenvalue weighted by Gasteiger charge is -2.17. The van der Waals surface area contributed by atoms with E-state index in [1.807, 2.05) is 0 Å². The van der Waals surface area contributed by atoms with Gasteiger partial charge >= 0.3 is 12.3 Å². The largest absolute Gasteiger partial charge is 0.390 e. The highest BCUT2D eigenvalue weighted by molar-refractivity contribution is 5.16. The van der Waals surface area contributed by atoms with Gasteiger partial charge in [0.25, 0.3) is 0 Å². The molecule has 7 heteroatoms. The fourth-order valence-electron chi connectivity index (χ4n) is 1.39. The Labute approximate surface area is 106 Å². The van der Waals surface area contributed by atoms with E-state index in [2.05, 4.69) is 4.74 Å². The smallest absolute Gasteiger partial charge is 0.330 e. The SMILES string of the molecule is OC(COCC(F)(F)C(F)F)Cc1cccc(F)c1. The van der Waals surface area contributed by atoms with Crippen LogP contribution in [0.2, 0.25) is 0 Å². The molecule has 0 bridgehead atoms. The van der Waals surface area contributed by atoms with Crippen molar-refractivity contribution in [3.8, 4) is 0 Å². The summed E-state index contributed by atoms with van der Waals surface area (Å²) in [6.45, 7) is -2.00.